The number of hydrogen-bond acceptors (Lipinski definition) is 3. The predicted molar refractivity (Wildman–Crippen MR) is 94.2 cm³/mol. The van der Waals surface area contributed by atoms with Gasteiger partial charge in [-0.15, -0.1) is 0 Å². The Kier molecular flexibility index (Phi) is 3.96. The van der Waals surface area contributed by atoms with Crippen LogP contribution in [0.3, 0.4) is 0 Å². The van der Waals surface area contributed by atoms with E-state index in [1.807, 2.05) is 12.4 Å². The van der Waals surface area contributed by atoms with Gasteiger partial charge in [-0.2, -0.15) is 0 Å². The van der Waals surface area contributed by atoms with Gasteiger partial charge in [0.25, 0.3) is 0 Å². The third kappa shape index (κ3) is 3.06. The maximum Gasteiger partial charge on any atom is 0.0723 e. The molecule has 1 aliphatic heterocycles. The molecule has 1 aliphatic carbocycles. The van der Waals surface area contributed by atoms with Crippen LogP contribution in [0.1, 0.15) is 35.2 Å². The summed E-state index contributed by atoms with van der Waals surface area (Å²) in [4.78, 5) is 9.35. The first-order chi connectivity index (χ1) is 11.3. The van der Waals surface area contributed by atoms with Crippen molar-refractivity contribution in [3.63, 3.8) is 0 Å². The topological polar surface area (TPSA) is 37.8 Å². The molecule has 1 saturated heterocycles. The fraction of sp³-hybridized carbons (Fsp3) is 0.400. The van der Waals surface area contributed by atoms with Crippen LogP contribution in [0, 0.1) is 12.8 Å². The summed E-state index contributed by atoms with van der Waals surface area (Å²) in [6, 6.07) is 4.47. The van der Waals surface area contributed by atoms with Gasteiger partial charge in [-0.05, 0) is 80.4 Å². The summed E-state index contributed by atoms with van der Waals surface area (Å²) < 4.78 is 0. The van der Waals surface area contributed by atoms with Crippen LogP contribution in [0.2, 0.25) is 0 Å². The second kappa shape index (κ2) is 6.25. The number of fused-ring (bicyclic) bond motifs is 1. The summed E-state index contributed by atoms with van der Waals surface area (Å²) in [5, 5.41) is 3.43. The number of nitrogens with one attached hydrogen (secondary N) is 1. The summed E-state index contributed by atoms with van der Waals surface area (Å²) in [5.74, 6) is 0.776. The first-order valence-corrected chi connectivity index (χ1v) is 8.61. The Hall–Kier alpha value is -2.00. The fourth-order valence-corrected chi connectivity index (χ4v) is 3.67. The molecule has 2 aromatic rings. The van der Waals surface area contributed by atoms with Crippen molar-refractivity contribution in [3.8, 4) is 11.3 Å². The average Bonchev–Trinajstić information content (AvgIpc) is 3.03. The first-order valence-electron chi connectivity index (χ1n) is 8.61. The minimum atomic E-state index is 0.776. The Morgan fingerprint density at radius 1 is 1.13 bits per heavy atom. The second-order valence-electron chi connectivity index (χ2n) is 6.76. The molecule has 4 rings (SSSR count). The zero-order valence-corrected chi connectivity index (χ0v) is 13.7. The molecule has 118 valence electrons. The number of pyridine rings is 2. The van der Waals surface area contributed by atoms with E-state index >= 15 is 0 Å². The molecule has 0 radical (unpaired) electrons. The van der Waals surface area contributed by atoms with Crippen molar-refractivity contribution in [2.24, 2.45) is 5.92 Å². The zero-order valence-electron chi connectivity index (χ0n) is 13.7. The van der Waals surface area contributed by atoms with Crippen LogP contribution < -0.4 is 5.32 Å². The lowest BCUT2D eigenvalue weighted by Crippen LogP contribution is -2.28. The lowest BCUT2D eigenvalue weighted by molar-refractivity contribution is 0.370. The van der Waals surface area contributed by atoms with E-state index in [0.29, 0.717) is 0 Å². The van der Waals surface area contributed by atoms with Gasteiger partial charge in [0.2, 0.25) is 0 Å². The van der Waals surface area contributed by atoms with Crippen LogP contribution in [0.4, 0.5) is 0 Å². The molecule has 2 aromatic heterocycles. The number of rotatable bonds is 3. The highest BCUT2D eigenvalue weighted by molar-refractivity contribution is 5.68. The Morgan fingerprint density at radius 2 is 2.00 bits per heavy atom. The third-order valence-corrected chi connectivity index (χ3v) is 5.06. The summed E-state index contributed by atoms with van der Waals surface area (Å²) >= 11 is 0. The van der Waals surface area contributed by atoms with Crippen LogP contribution >= 0.6 is 0 Å². The normalized spacial score (nSPS) is 17.4. The Labute approximate surface area is 137 Å². The van der Waals surface area contributed by atoms with E-state index in [1.165, 1.54) is 35.2 Å². The van der Waals surface area contributed by atoms with E-state index in [4.69, 9.17) is 4.98 Å². The Balaban J connectivity index is 1.56. The highest BCUT2D eigenvalue weighted by Gasteiger charge is 2.15. The van der Waals surface area contributed by atoms with Gasteiger partial charge in [0.05, 0.1) is 5.69 Å². The minimum absolute atomic E-state index is 0.776. The van der Waals surface area contributed by atoms with E-state index in [1.54, 1.807) is 0 Å². The molecule has 3 nitrogen and oxygen atoms in total. The monoisotopic (exact) mass is 305 g/mol. The number of nitrogens with zero attached hydrogens (tertiary/aromatic N) is 2. The fourth-order valence-electron chi connectivity index (χ4n) is 3.67. The SMILES string of the molecule is Cc1cc(CC2CCNCC2)ncc1-c1cc2c(cn1)C=CC2. The molecule has 3 heteroatoms. The van der Waals surface area contributed by atoms with Gasteiger partial charge in [-0.25, -0.2) is 0 Å². The van der Waals surface area contributed by atoms with Crippen molar-refractivity contribution in [3.05, 3.63) is 53.0 Å². The summed E-state index contributed by atoms with van der Waals surface area (Å²) in [6.45, 7) is 4.47. The smallest absolute Gasteiger partial charge is 0.0723 e. The molecule has 0 spiro atoms. The largest absolute Gasteiger partial charge is 0.317 e. The molecular weight excluding hydrogens is 282 g/mol. The van der Waals surface area contributed by atoms with Crippen molar-refractivity contribution in [2.75, 3.05) is 13.1 Å². The molecule has 0 unspecified atom stereocenters. The van der Waals surface area contributed by atoms with Crippen LogP contribution in [0.15, 0.2) is 30.6 Å². The van der Waals surface area contributed by atoms with Crippen molar-refractivity contribution in [2.45, 2.75) is 32.6 Å². The quantitative estimate of drug-likeness (QED) is 0.942. The zero-order chi connectivity index (χ0) is 15.6. The van der Waals surface area contributed by atoms with E-state index in [-0.39, 0.29) is 0 Å². The van der Waals surface area contributed by atoms with Gasteiger partial charge >= 0.3 is 0 Å². The summed E-state index contributed by atoms with van der Waals surface area (Å²) in [7, 11) is 0. The minimum Gasteiger partial charge on any atom is -0.317 e. The van der Waals surface area contributed by atoms with Gasteiger partial charge in [0.1, 0.15) is 0 Å². The molecule has 0 saturated carbocycles. The molecule has 0 bridgehead atoms. The van der Waals surface area contributed by atoms with Crippen LogP contribution in [0.25, 0.3) is 17.3 Å². The standard InChI is InChI=1S/C20H23N3/c1-14-9-18(10-15-5-7-21-8-6-15)22-13-19(14)20-11-16-3-2-4-17(16)12-23-20/h2,4,9,11-13,15,21H,3,5-8,10H2,1H3. The molecular formula is C20H23N3. The lowest BCUT2D eigenvalue weighted by Gasteiger charge is -2.22. The highest BCUT2D eigenvalue weighted by Crippen LogP contribution is 2.27. The van der Waals surface area contributed by atoms with Crippen LogP contribution in [-0.2, 0) is 12.8 Å². The molecule has 2 aliphatic rings. The molecule has 1 N–H and O–H groups in total. The van der Waals surface area contributed by atoms with Crippen molar-refractivity contribution >= 4 is 6.08 Å². The van der Waals surface area contributed by atoms with E-state index in [9.17, 15) is 0 Å². The molecule has 3 heterocycles. The number of piperidine rings is 1. The average molecular weight is 305 g/mol. The second-order valence-corrected chi connectivity index (χ2v) is 6.76. The summed E-state index contributed by atoms with van der Waals surface area (Å²) in [5.41, 5.74) is 7.33. The highest BCUT2D eigenvalue weighted by atomic mass is 14.9. The molecule has 1 fully saturated rings. The molecule has 0 aromatic carbocycles. The Bertz CT molecular complexity index is 743. The van der Waals surface area contributed by atoms with Crippen LogP contribution in [0.5, 0.6) is 0 Å². The van der Waals surface area contributed by atoms with Crippen molar-refractivity contribution < 1.29 is 0 Å². The van der Waals surface area contributed by atoms with Gasteiger partial charge in [0, 0.05) is 23.7 Å². The van der Waals surface area contributed by atoms with E-state index < -0.39 is 0 Å². The van der Waals surface area contributed by atoms with Crippen molar-refractivity contribution in [1.82, 2.24) is 15.3 Å². The first kappa shape index (κ1) is 14.6. The van der Waals surface area contributed by atoms with Gasteiger partial charge in [0.15, 0.2) is 0 Å². The third-order valence-electron chi connectivity index (χ3n) is 5.06. The lowest BCUT2D eigenvalue weighted by atomic mass is 9.92. The summed E-state index contributed by atoms with van der Waals surface area (Å²) in [6.07, 6.45) is 13.0. The maximum absolute atomic E-state index is 4.73. The number of aryl methyl sites for hydroxylation is 1. The Morgan fingerprint density at radius 3 is 2.83 bits per heavy atom. The van der Waals surface area contributed by atoms with Gasteiger partial charge < -0.3 is 5.32 Å². The van der Waals surface area contributed by atoms with E-state index in [2.05, 4.69) is 41.5 Å². The number of allylic oxidation sites excluding steroid dienone is 1. The van der Waals surface area contributed by atoms with E-state index in [0.717, 1.165) is 43.1 Å². The molecule has 0 atom stereocenters. The maximum atomic E-state index is 4.73. The van der Waals surface area contributed by atoms with Crippen molar-refractivity contribution in [1.29, 1.82) is 0 Å². The van der Waals surface area contributed by atoms with Gasteiger partial charge in [-0.3, -0.25) is 9.97 Å². The number of aromatic nitrogens is 2. The number of hydrogen-bond donors (Lipinski definition) is 1. The predicted octanol–water partition coefficient (Wildman–Crippen LogP) is 3.56. The molecule has 0 amide bonds. The molecule has 23 heavy (non-hydrogen) atoms. The van der Waals surface area contributed by atoms with Gasteiger partial charge in [-0.1, -0.05) is 12.2 Å². The van der Waals surface area contributed by atoms with Crippen LogP contribution in [-0.4, -0.2) is 23.1 Å².